The smallest absolute Gasteiger partial charge is 0.258 e. The number of para-hydroxylation sites is 2. The van der Waals surface area contributed by atoms with Crippen molar-refractivity contribution in [1.29, 1.82) is 0 Å². The first-order valence-corrected chi connectivity index (χ1v) is 11.9. The Morgan fingerprint density at radius 3 is 2.45 bits per heavy atom. The minimum atomic E-state index is -4.07. The van der Waals surface area contributed by atoms with Crippen LogP contribution in [0.15, 0.2) is 65.6 Å². The van der Waals surface area contributed by atoms with Crippen molar-refractivity contribution < 1.29 is 27.1 Å². The van der Waals surface area contributed by atoms with Crippen molar-refractivity contribution in [2.45, 2.75) is 11.0 Å². The second kappa shape index (κ2) is 9.56. The second-order valence-electron chi connectivity index (χ2n) is 7.10. The fourth-order valence-corrected chi connectivity index (χ4v) is 4.74. The Balaban J connectivity index is 1.47. The Morgan fingerprint density at radius 1 is 1.03 bits per heavy atom. The van der Waals surface area contributed by atoms with Crippen LogP contribution in [0.1, 0.15) is 10.4 Å². The van der Waals surface area contributed by atoms with Gasteiger partial charge in [-0.3, -0.25) is 4.79 Å². The van der Waals surface area contributed by atoms with E-state index in [2.05, 4.69) is 10.0 Å². The summed E-state index contributed by atoms with van der Waals surface area (Å²) < 4.78 is 53.5. The molecule has 1 aliphatic rings. The van der Waals surface area contributed by atoms with Gasteiger partial charge in [0.1, 0.15) is 18.5 Å². The highest BCUT2D eigenvalue weighted by atomic mass is 35.5. The summed E-state index contributed by atoms with van der Waals surface area (Å²) >= 11 is 11.8. The van der Waals surface area contributed by atoms with Gasteiger partial charge in [-0.25, -0.2) is 17.5 Å². The van der Waals surface area contributed by atoms with Crippen LogP contribution in [0.4, 0.5) is 10.1 Å². The average molecular weight is 511 g/mol. The fourth-order valence-electron chi connectivity index (χ4n) is 3.12. The molecule has 3 aromatic carbocycles. The SMILES string of the molecule is O=C(Nc1cc(Cl)cc(Cl)c1)c1cc(S(=O)(=O)NCC2COc3ccccc3O2)ccc1F. The summed E-state index contributed by atoms with van der Waals surface area (Å²) in [7, 11) is -4.07. The van der Waals surface area contributed by atoms with E-state index in [4.69, 9.17) is 32.7 Å². The number of hydrogen-bond acceptors (Lipinski definition) is 5. The standard InChI is InChI=1S/C22H17Cl2FN2O5S/c23-13-7-14(24)9-15(8-13)27-22(28)18-10-17(5-6-19(18)25)33(29,30)26-11-16-12-31-20-3-1-2-4-21(20)32-16/h1-10,16,26H,11-12H2,(H,27,28). The van der Waals surface area contributed by atoms with Crippen LogP contribution < -0.4 is 19.5 Å². The molecule has 2 N–H and O–H groups in total. The van der Waals surface area contributed by atoms with E-state index in [0.717, 1.165) is 18.2 Å². The second-order valence-corrected chi connectivity index (χ2v) is 9.74. The maximum atomic E-state index is 14.3. The number of hydrogen-bond donors (Lipinski definition) is 2. The van der Waals surface area contributed by atoms with Gasteiger partial charge in [0.2, 0.25) is 10.0 Å². The van der Waals surface area contributed by atoms with Crippen LogP contribution in [0.5, 0.6) is 11.5 Å². The van der Waals surface area contributed by atoms with Gasteiger partial charge >= 0.3 is 0 Å². The molecule has 1 atom stereocenters. The highest BCUT2D eigenvalue weighted by Gasteiger charge is 2.25. The van der Waals surface area contributed by atoms with Gasteiger partial charge in [0.25, 0.3) is 5.91 Å². The van der Waals surface area contributed by atoms with Crippen LogP contribution in [-0.4, -0.2) is 33.6 Å². The molecule has 0 saturated carbocycles. The monoisotopic (exact) mass is 510 g/mol. The zero-order chi connectivity index (χ0) is 23.6. The molecule has 4 rings (SSSR count). The van der Waals surface area contributed by atoms with E-state index >= 15 is 0 Å². The molecule has 1 heterocycles. The molecular weight excluding hydrogens is 494 g/mol. The zero-order valence-electron chi connectivity index (χ0n) is 16.8. The van der Waals surface area contributed by atoms with E-state index in [9.17, 15) is 17.6 Å². The van der Waals surface area contributed by atoms with Gasteiger partial charge in [-0.15, -0.1) is 0 Å². The van der Waals surface area contributed by atoms with Gasteiger partial charge in [-0.2, -0.15) is 0 Å². The number of fused-ring (bicyclic) bond motifs is 1. The Kier molecular flexibility index (Phi) is 6.76. The lowest BCUT2D eigenvalue weighted by Crippen LogP contribution is -2.40. The highest BCUT2D eigenvalue weighted by Crippen LogP contribution is 2.31. The molecule has 1 amide bonds. The fraction of sp³-hybridized carbons (Fsp3) is 0.136. The van der Waals surface area contributed by atoms with Crippen LogP contribution in [-0.2, 0) is 10.0 Å². The maximum Gasteiger partial charge on any atom is 0.258 e. The van der Waals surface area contributed by atoms with Gasteiger partial charge in [-0.05, 0) is 48.5 Å². The number of carbonyl (C=O) groups is 1. The summed E-state index contributed by atoms with van der Waals surface area (Å²) in [5.74, 6) is -0.662. The molecule has 0 aromatic heterocycles. The molecule has 3 aromatic rings. The molecule has 1 unspecified atom stereocenters. The predicted octanol–water partition coefficient (Wildman–Crippen LogP) is 4.50. The van der Waals surface area contributed by atoms with Crippen LogP contribution >= 0.6 is 23.2 Å². The number of amides is 1. The number of carbonyl (C=O) groups excluding carboxylic acids is 1. The number of ether oxygens (including phenoxy) is 2. The van der Waals surface area contributed by atoms with E-state index < -0.39 is 33.4 Å². The van der Waals surface area contributed by atoms with Crippen molar-refractivity contribution in [3.05, 3.63) is 82.1 Å². The van der Waals surface area contributed by atoms with Gasteiger partial charge in [0.15, 0.2) is 11.5 Å². The first-order chi connectivity index (χ1) is 15.7. The van der Waals surface area contributed by atoms with Crippen molar-refractivity contribution in [3.8, 4) is 11.5 Å². The van der Waals surface area contributed by atoms with Gasteiger partial charge in [0, 0.05) is 15.7 Å². The van der Waals surface area contributed by atoms with Crippen LogP contribution in [0.25, 0.3) is 0 Å². The number of rotatable bonds is 6. The largest absolute Gasteiger partial charge is 0.486 e. The third-order valence-electron chi connectivity index (χ3n) is 4.68. The molecule has 0 spiro atoms. The number of nitrogens with one attached hydrogen (secondary N) is 2. The molecule has 0 fully saturated rings. The number of sulfonamides is 1. The Bertz CT molecular complexity index is 1300. The van der Waals surface area contributed by atoms with Crippen molar-refractivity contribution in [3.63, 3.8) is 0 Å². The molecule has 33 heavy (non-hydrogen) atoms. The highest BCUT2D eigenvalue weighted by molar-refractivity contribution is 7.89. The minimum absolute atomic E-state index is 0.0867. The van der Waals surface area contributed by atoms with Crippen LogP contribution in [0, 0.1) is 5.82 Å². The summed E-state index contributed by atoms with van der Waals surface area (Å²) in [6.45, 7) is 0.0649. The van der Waals surface area contributed by atoms with Crippen molar-refractivity contribution in [1.82, 2.24) is 4.72 Å². The normalized spacial score (nSPS) is 15.2. The van der Waals surface area contributed by atoms with Crippen LogP contribution in [0.2, 0.25) is 10.0 Å². The van der Waals surface area contributed by atoms with Gasteiger partial charge in [0.05, 0.1) is 17.0 Å². The van der Waals surface area contributed by atoms with Gasteiger partial charge in [-0.1, -0.05) is 35.3 Å². The molecule has 0 aliphatic carbocycles. The predicted molar refractivity (Wildman–Crippen MR) is 122 cm³/mol. The third-order valence-corrected chi connectivity index (χ3v) is 6.54. The molecule has 1 aliphatic heterocycles. The molecule has 11 heteroatoms. The summed E-state index contributed by atoms with van der Waals surface area (Å²) in [6.07, 6.45) is -0.564. The topological polar surface area (TPSA) is 93.7 Å². The Labute approximate surface area is 199 Å². The number of halogens is 3. The van der Waals surface area contributed by atoms with Crippen LogP contribution in [0.3, 0.4) is 0 Å². The third kappa shape index (κ3) is 5.56. The van der Waals surface area contributed by atoms with E-state index in [1.54, 1.807) is 24.3 Å². The molecule has 7 nitrogen and oxygen atoms in total. The lowest BCUT2D eigenvalue weighted by Gasteiger charge is -2.26. The maximum absolute atomic E-state index is 14.3. The summed E-state index contributed by atoms with van der Waals surface area (Å²) in [4.78, 5) is 12.3. The molecule has 172 valence electrons. The number of anilines is 1. The Hall–Kier alpha value is -2.85. The van der Waals surface area contributed by atoms with Crippen molar-refractivity contribution >= 4 is 44.8 Å². The van der Waals surface area contributed by atoms with E-state index in [-0.39, 0.29) is 33.8 Å². The van der Waals surface area contributed by atoms with E-state index in [1.165, 1.54) is 18.2 Å². The molecule has 0 radical (unpaired) electrons. The number of benzene rings is 3. The first kappa shape index (κ1) is 23.3. The lowest BCUT2D eigenvalue weighted by atomic mass is 10.2. The quantitative estimate of drug-likeness (QED) is 0.509. The minimum Gasteiger partial charge on any atom is -0.486 e. The van der Waals surface area contributed by atoms with Gasteiger partial charge < -0.3 is 14.8 Å². The van der Waals surface area contributed by atoms with Crippen molar-refractivity contribution in [2.24, 2.45) is 0 Å². The summed E-state index contributed by atoms with van der Waals surface area (Å²) in [5.41, 5.74) is -0.224. The first-order valence-electron chi connectivity index (χ1n) is 9.66. The zero-order valence-corrected chi connectivity index (χ0v) is 19.2. The van der Waals surface area contributed by atoms with E-state index in [1.807, 2.05) is 0 Å². The Morgan fingerprint density at radius 2 is 1.73 bits per heavy atom. The van der Waals surface area contributed by atoms with E-state index in [0.29, 0.717) is 11.5 Å². The average Bonchev–Trinajstić information content (AvgIpc) is 2.77. The lowest BCUT2D eigenvalue weighted by molar-refractivity contribution is 0.0943. The molecule has 0 saturated heterocycles. The summed E-state index contributed by atoms with van der Waals surface area (Å²) in [5, 5.41) is 3.00. The van der Waals surface area contributed by atoms with Crippen molar-refractivity contribution in [2.75, 3.05) is 18.5 Å². The summed E-state index contributed by atoms with van der Waals surface area (Å²) in [6, 6.07) is 14.3. The molecular formula is C22H17Cl2FN2O5S. The molecule has 0 bridgehead atoms.